The van der Waals surface area contributed by atoms with E-state index in [1.807, 2.05) is 6.92 Å². The average molecular weight is 288 g/mol. The summed E-state index contributed by atoms with van der Waals surface area (Å²) in [5, 5.41) is 4.48. The van der Waals surface area contributed by atoms with Gasteiger partial charge in [0.2, 0.25) is 0 Å². The second-order valence-electron chi connectivity index (χ2n) is 5.22. The molecule has 2 rings (SSSR count). The van der Waals surface area contributed by atoms with Crippen LogP contribution in [-0.4, -0.2) is 0 Å². The molecule has 0 bridgehead atoms. The van der Waals surface area contributed by atoms with Crippen LogP contribution in [0.4, 0.5) is 0 Å². The van der Waals surface area contributed by atoms with Gasteiger partial charge in [0.25, 0.3) is 0 Å². The zero-order chi connectivity index (χ0) is 14.4. The molecule has 0 aliphatic rings. The molecule has 2 aromatic carbocycles. The predicted molar refractivity (Wildman–Crippen MR) is 87.1 cm³/mol. The van der Waals surface area contributed by atoms with E-state index in [1.165, 1.54) is 17.5 Å². The summed E-state index contributed by atoms with van der Waals surface area (Å²) >= 11 is 6.18. The minimum atomic E-state index is 0.404. The van der Waals surface area contributed by atoms with Gasteiger partial charge in [0.1, 0.15) is 0 Å². The van der Waals surface area contributed by atoms with Gasteiger partial charge >= 0.3 is 0 Å². The molecular formula is C18H22ClN. The predicted octanol–water partition coefficient (Wildman–Crippen LogP) is 5.28. The van der Waals surface area contributed by atoms with E-state index in [9.17, 15) is 0 Å². The molecule has 2 aromatic rings. The zero-order valence-electron chi connectivity index (χ0n) is 12.2. The summed E-state index contributed by atoms with van der Waals surface area (Å²) in [7, 11) is 0. The lowest BCUT2D eigenvalue weighted by atomic mass is 10.0. The number of aryl methyl sites for hydroxylation is 1. The summed E-state index contributed by atoms with van der Waals surface area (Å²) in [5.74, 6) is 0. The number of benzene rings is 2. The van der Waals surface area contributed by atoms with E-state index in [4.69, 9.17) is 11.6 Å². The van der Waals surface area contributed by atoms with Crippen molar-refractivity contribution in [2.24, 2.45) is 0 Å². The fraction of sp³-hybridized carbons (Fsp3) is 0.333. The second kappa shape index (κ2) is 7.47. The first-order chi connectivity index (χ1) is 9.70. The van der Waals surface area contributed by atoms with Gasteiger partial charge in [-0.1, -0.05) is 67.4 Å². The van der Waals surface area contributed by atoms with Crippen molar-refractivity contribution in [2.75, 3.05) is 0 Å². The lowest BCUT2D eigenvalue weighted by Crippen LogP contribution is -2.20. The summed E-state index contributed by atoms with van der Waals surface area (Å²) < 4.78 is 0. The van der Waals surface area contributed by atoms with Crippen molar-refractivity contribution < 1.29 is 0 Å². The van der Waals surface area contributed by atoms with Crippen molar-refractivity contribution >= 4 is 11.6 Å². The van der Waals surface area contributed by atoms with Crippen LogP contribution in [0.1, 0.15) is 42.5 Å². The first-order valence-electron chi connectivity index (χ1n) is 7.24. The Morgan fingerprint density at radius 1 is 1.10 bits per heavy atom. The highest BCUT2D eigenvalue weighted by molar-refractivity contribution is 6.31. The number of rotatable bonds is 6. The standard InChI is InChI=1S/C18H22ClN/c1-3-7-18(16-8-5-4-6-9-16)20-13-15-11-10-14(2)17(19)12-15/h4-6,8-12,18,20H,3,7,13H2,1-2H3. The Balaban J connectivity index is 2.03. The highest BCUT2D eigenvalue weighted by Crippen LogP contribution is 2.20. The first-order valence-corrected chi connectivity index (χ1v) is 7.62. The minimum absolute atomic E-state index is 0.404. The summed E-state index contributed by atoms with van der Waals surface area (Å²) in [6, 6.07) is 17.3. The third-order valence-electron chi connectivity index (χ3n) is 3.57. The Kier molecular flexibility index (Phi) is 5.63. The van der Waals surface area contributed by atoms with E-state index >= 15 is 0 Å². The van der Waals surface area contributed by atoms with Crippen molar-refractivity contribution in [1.29, 1.82) is 0 Å². The highest BCUT2D eigenvalue weighted by atomic mass is 35.5. The molecule has 1 N–H and O–H groups in total. The molecule has 1 atom stereocenters. The molecule has 0 radical (unpaired) electrons. The molecule has 0 amide bonds. The number of nitrogens with one attached hydrogen (secondary N) is 1. The third kappa shape index (κ3) is 4.09. The molecule has 0 aliphatic carbocycles. The molecule has 0 spiro atoms. The van der Waals surface area contributed by atoms with Crippen molar-refractivity contribution in [3.05, 3.63) is 70.2 Å². The van der Waals surface area contributed by atoms with Gasteiger partial charge in [-0.2, -0.15) is 0 Å². The van der Waals surface area contributed by atoms with Gasteiger partial charge in [0.15, 0.2) is 0 Å². The maximum Gasteiger partial charge on any atom is 0.0438 e. The lowest BCUT2D eigenvalue weighted by molar-refractivity contribution is 0.493. The number of hydrogen-bond donors (Lipinski definition) is 1. The smallest absolute Gasteiger partial charge is 0.0438 e. The Morgan fingerprint density at radius 2 is 1.85 bits per heavy atom. The molecule has 20 heavy (non-hydrogen) atoms. The van der Waals surface area contributed by atoms with Crippen molar-refractivity contribution in [1.82, 2.24) is 5.32 Å². The minimum Gasteiger partial charge on any atom is -0.306 e. The number of halogens is 1. The molecule has 106 valence electrons. The fourth-order valence-electron chi connectivity index (χ4n) is 2.35. The normalized spacial score (nSPS) is 12.3. The fourth-order valence-corrected chi connectivity index (χ4v) is 2.55. The SMILES string of the molecule is CCCC(NCc1ccc(C)c(Cl)c1)c1ccccc1. The van der Waals surface area contributed by atoms with Gasteiger partial charge < -0.3 is 5.32 Å². The van der Waals surface area contributed by atoms with Gasteiger partial charge in [-0.25, -0.2) is 0 Å². The second-order valence-corrected chi connectivity index (χ2v) is 5.62. The van der Waals surface area contributed by atoms with E-state index in [0.29, 0.717) is 6.04 Å². The van der Waals surface area contributed by atoms with E-state index in [0.717, 1.165) is 23.6 Å². The topological polar surface area (TPSA) is 12.0 Å². The monoisotopic (exact) mass is 287 g/mol. The largest absolute Gasteiger partial charge is 0.306 e. The maximum absolute atomic E-state index is 6.18. The molecule has 2 heteroatoms. The molecule has 1 nitrogen and oxygen atoms in total. The molecule has 1 unspecified atom stereocenters. The maximum atomic E-state index is 6.18. The van der Waals surface area contributed by atoms with Crippen LogP contribution in [0.2, 0.25) is 5.02 Å². The van der Waals surface area contributed by atoms with Crippen molar-refractivity contribution in [3.8, 4) is 0 Å². The van der Waals surface area contributed by atoms with Crippen LogP contribution >= 0.6 is 11.6 Å². The van der Waals surface area contributed by atoms with E-state index < -0.39 is 0 Å². The highest BCUT2D eigenvalue weighted by Gasteiger charge is 2.09. The van der Waals surface area contributed by atoms with Crippen LogP contribution in [0, 0.1) is 6.92 Å². The Labute approximate surface area is 127 Å². The van der Waals surface area contributed by atoms with E-state index in [1.54, 1.807) is 0 Å². The van der Waals surface area contributed by atoms with Crippen LogP contribution in [0.15, 0.2) is 48.5 Å². The molecule has 0 heterocycles. The summed E-state index contributed by atoms with van der Waals surface area (Å²) in [6.45, 7) is 5.10. The van der Waals surface area contributed by atoms with Gasteiger partial charge in [-0.05, 0) is 36.1 Å². The lowest BCUT2D eigenvalue weighted by Gasteiger charge is -2.19. The molecule has 0 saturated heterocycles. The average Bonchev–Trinajstić information content (AvgIpc) is 2.48. The summed E-state index contributed by atoms with van der Waals surface area (Å²) in [6.07, 6.45) is 2.31. The van der Waals surface area contributed by atoms with Crippen molar-refractivity contribution in [2.45, 2.75) is 39.3 Å². The summed E-state index contributed by atoms with van der Waals surface area (Å²) in [5.41, 5.74) is 3.72. The zero-order valence-corrected chi connectivity index (χ0v) is 13.0. The van der Waals surface area contributed by atoms with Gasteiger partial charge in [-0.3, -0.25) is 0 Å². The Bertz CT molecular complexity index is 536. The van der Waals surface area contributed by atoms with Crippen LogP contribution in [0.3, 0.4) is 0 Å². The summed E-state index contributed by atoms with van der Waals surface area (Å²) in [4.78, 5) is 0. The molecule has 0 aromatic heterocycles. The van der Waals surface area contributed by atoms with E-state index in [-0.39, 0.29) is 0 Å². The number of hydrogen-bond acceptors (Lipinski definition) is 1. The van der Waals surface area contributed by atoms with Crippen LogP contribution in [-0.2, 0) is 6.54 Å². The van der Waals surface area contributed by atoms with E-state index in [2.05, 4.69) is 60.8 Å². The molecule has 0 fully saturated rings. The van der Waals surface area contributed by atoms with Crippen LogP contribution in [0.25, 0.3) is 0 Å². The quantitative estimate of drug-likeness (QED) is 0.762. The van der Waals surface area contributed by atoms with Crippen LogP contribution in [0.5, 0.6) is 0 Å². The van der Waals surface area contributed by atoms with Gasteiger partial charge in [0.05, 0.1) is 0 Å². The molecule has 0 saturated carbocycles. The first kappa shape index (κ1) is 15.1. The Hall–Kier alpha value is -1.31. The third-order valence-corrected chi connectivity index (χ3v) is 3.98. The Morgan fingerprint density at radius 3 is 2.50 bits per heavy atom. The van der Waals surface area contributed by atoms with Crippen molar-refractivity contribution in [3.63, 3.8) is 0 Å². The van der Waals surface area contributed by atoms with Gasteiger partial charge in [0, 0.05) is 17.6 Å². The molecule has 0 aliphatic heterocycles. The molecular weight excluding hydrogens is 266 g/mol. The van der Waals surface area contributed by atoms with Gasteiger partial charge in [-0.15, -0.1) is 0 Å². The van der Waals surface area contributed by atoms with Crippen LogP contribution < -0.4 is 5.32 Å².